The minimum Gasteiger partial charge on any atom is -0.497 e. The van der Waals surface area contributed by atoms with Crippen LogP contribution in [0.4, 0.5) is 5.69 Å². The Labute approximate surface area is 165 Å². The molecule has 0 aliphatic rings. The van der Waals surface area contributed by atoms with Crippen molar-refractivity contribution in [1.29, 1.82) is 0 Å². The summed E-state index contributed by atoms with van der Waals surface area (Å²) in [6.45, 7) is 0. The highest BCUT2D eigenvalue weighted by Gasteiger charge is 2.14. The fourth-order valence-corrected chi connectivity index (χ4v) is 3.38. The van der Waals surface area contributed by atoms with Crippen molar-refractivity contribution in [1.82, 2.24) is 10.1 Å². The van der Waals surface area contributed by atoms with Crippen LogP contribution in [0.2, 0.25) is 0 Å². The maximum atomic E-state index is 12.6. The number of anilines is 1. The van der Waals surface area contributed by atoms with Crippen molar-refractivity contribution < 1.29 is 14.1 Å². The van der Waals surface area contributed by atoms with E-state index in [0.717, 1.165) is 10.4 Å². The average molecular weight is 391 g/mol. The Kier molecular flexibility index (Phi) is 5.16. The second-order valence-electron chi connectivity index (χ2n) is 6.01. The number of para-hydroxylation sites is 1. The Morgan fingerprint density at radius 3 is 2.68 bits per heavy atom. The fraction of sp³-hybridized carbons (Fsp3) is 0.0952. The topological polar surface area (TPSA) is 77.2 Å². The first-order valence-corrected chi connectivity index (χ1v) is 9.50. The minimum absolute atomic E-state index is 0.195. The predicted octanol–water partition coefficient (Wildman–Crippen LogP) is 4.65. The van der Waals surface area contributed by atoms with Crippen LogP contribution < -0.4 is 10.1 Å². The molecule has 0 fully saturated rings. The zero-order valence-corrected chi connectivity index (χ0v) is 15.9. The average Bonchev–Trinajstić information content (AvgIpc) is 3.41. The van der Waals surface area contributed by atoms with E-state index in [9.17, 15) is 4.79 Å². The van der Waals surface area contributed by atoms with Crippen LogP contribution in [0, 0.1) is 0 Å². The van der Waals surface area contributed by atoms with E-state index in [0.29, 0.717) is 35.1 Å². The van der Waals surface area contributed by atoms with Crippen molar-refractivity contribution in [2.45, 2.75) is 6.42 Å². The molecule has 28 heavy (non-hydrogen) atoms. The second-order valence-corrected chi connectivity index (χ2v) is 6.95. The smallest absolute Gasteiger partial charge is 0.255 e. The summed E-state index contributed by atoms with van der Waals surface area (Å²) in [6, 6.07) is 18.4. The standard InChI is InChI=1S/C21H17N3O3S/c1-26-16-10-8-14(9-11-16)21(25)22-17-6-3-2-5-15(17)13-19-23-20(24-27-19)18-7-4-12-28-18/h2-12H,13H2,1H3,(H,22,25). The first-order valence-electron chi connectivity index (χ1n) is 8.63. The molecule has 0 atom stereocenters. The van der Waals surface area contributed by atoms with E-state index in [1.54, 1.807) is 42.7 Å². The number of benzene rings is 2. The number of nitrogens with zero attached hydrogens (tertiary/aromatic N) is 2. The fourth-order valence-electron chi connectivity index (χ4n) is 2.73. The van der Waals surface area contributed by atoms with Crippen LogP contribution in [-0.4, -0.2) is 23.2 Å². The van der Waals surface area contributed by atoms with Gasteiger partial charge in [0.15, 0.2) is 0 Å². The van der Waals surface area contributed by atoms with Crippen LogP contribution in [0.5, 0.6) is 5.75 Å². The highest BCUT2D eigenvalue weighted by atomic mass is 32.1. The molecule has 1 N–H and O–H groups in total. The van der Waals surface area contributed by atoms with Crippen molar-refractivity contribution in [2.24, 2.45) is 0 Å². The summed E-state index contributed by atoms with van der Waals surface area (Å²) in [6.07, 6.45) is 0.428. The zero-order valence-electron chi connectivity index (χ0n) is 15.1. The van der Waals surface area contributed by atoms with E-state index >= 15 is 0 Å². The van der Waals surface area contributed by atoms with Gasteiger partial charge in [-0.2, -0.15) is 4.98 Å². The largest absolute Gasteiger partial charge is 0.497 e. The number of amides is 1. The Morgan fingerprint density at radius 2 is 1.93 bits per heavy atom. The van der Waals surface area contributed by atoms with Crippen molar-refractivity contribution in [3.63, 3.8) is 0 Å². The number of carbonyl (C=O) groups is 1. The van der Waals surface area contributed by atoms with Gasteiger partial charge in [-0.25, -0.2) is 0 Å². The van der Waals surface area contributed by atoms with Gasteiger partial charge >= 0.3 is 0 Å². The summed E-state index contributed by atoms with van der Waals surface area (Å²) in [5, 5.41) is 8.95. The number of thiophene rings is 1. The molecular weight excluding hydrogens is 374 g/mol. The van der Waals surface area contributed by atoms with Gasteiger partial charge < -0.3 is 14.6 Å². The van der Waals surface area contributed by atoms with Crippen LogP contribution in [0.1, 0.15) is 21.8 Å². The van der Waals surface area contributed by atoms with Gasteiger partial charge in [0.05, 0.1) is 18.4 Å². The van der Waals surface area contributed by atoms with Gasteiger partial charge in [0.25, 0.3) is 5.91 Å². The molecule has 0 saturated carbocycles. The molecule has 0 saturated heterocycles. The van der Waals surface area contributed by atoms with Gasteiger partial charge in [-0.3, -0.25) is 4.79 Å². The Balaban J connectivity index is 1.51. The molecule has 140 valence electrons. The lowest BCUT2D eigenvalue weighted by molar-refractivity contribution is 0.102. The maximum absolute atomic E-state index is 12.6. The predicted molar refractivity (Wildman–Crippen MR) is 108 cm³/mol. The van der Waals surface area contributed by atoms with Crippen LogP contribution >= 0.6 is 11.3 Å². The van der Waals surface area contributed by atoms with Gasteiger partial charge in [0, 0.05) is 11.3 Å². The summed E-state index contributed by atoms with van der Waals surface area (Å²) in [5.41, 5.74) is 2.15. The maximum Gasteiger partial charge on any atom is 0.255 e. The highest BCUT2D eigenvalue weighted by molar-refractivity contribution is 7.13. The highest BCUT2D eigenvalue weighted by Crippen LogP contribution is 2.24. The first-order chi connectivity index (χ1) is 13.7. The normalized spacial score (nSPS) is 10.6. The van der Waals surface area contributed by atoms with Gasteiger partial charge in [-0.15, -0.1) is 11.3 Å². The number of hydrogen-bond donors (Lipinski definition) is 1. The molecule has 0 spiro atoms. The summed E-state index contributed by atoms with van der Waals surface area (Å²) < 4.78 is 10.5. The van der Waals surface area contributed by atoms with Gasteiger partial charge in [0.1, 0.15) is 5.75 Å². The lowest BCUT2D eigenvalue weighted by Gasteiger charge is -2.10. The molecule has 4 rings (SSSR count). The SMILES string of the molecule is COc1ccc(C(=O)Nc2ccccc2Cc2nc(-c3cccs3)no2)cc1. The molecule has 7 heteroatoms. The van der Waals surface area contributed by atoms with E-state index in [4.69, 9.17) is 9.26 Å². The summed E-state index contributed by atoms with van der Waals surface area (Å²) in [5.74, 6) is 1.58. The molecule has 0 bridgehead atoms. The van der Waals surface area contributed by atoms with Crippen LogP contribution in [0.3, 0.4) is 0 Å². The molecule has 2 aromatic heterocycles. The number of rotatable bonds is 6. The molecule has 2 heterocycles. The summed E-state index contributed by atoms with van der Waals surface area (Å²) >= 11 is 1.56. The molecule has 0 aliphatic carbocycles. The molecule has 0 radical (unpaired) electrons. The quantitative estimate of drug-likeness (QED) is 0.518. The van der Waals surface area contributed by atoms with Crippen LogP contribution in [-0.2, 0) is 6.42 Å². The molecule has 6 nitrogen and oxygen atoms in total. The number of aromatic nitrogens is 2. The van der Waals surface area contributed by atoms with E-state index in [2.05, 4.69) is 15.5 Å². The van der Waals surface area contributed by atoms with Gasteiger partial charge in [0.2, 0.25) is 11.7 Å². The van der Waals surface area contributed by atoms with E-state index in [1.165, 1.54) is 0 Å². The van der Waals surface area contributed by atoms with Crippen molar-refractivity contribution in [3.8, 4) is 16.5 Å². The van der Waals surface area contributed by atoms with Crippen molar-refractivity contribution >= 4 is 22.9 Å². The van der Waals surface area contributed by atoms with E-state index in [1.807, 2.05) is 41.8 Å². The molecule has 1 amide bonds. The number of ether oxygens (including phenoxy) is 1. The summed E-state index contributed by atoms with van der Waals surface area (Å²) in [7, 11) is 1.59. The molecular formula is C21H17N3O3S. The van der Waals surface area contributed by atoms with Gasteiger partial charge in [-0.05, 0) is 47.3 Å². The third-order valence-corrected chi connectivity index (χ3v) is 5.03. The third kappa shape index (κ3) is 3.94. The lowest BCUT2D eigenvalue weighted by atomic mass is 10.1. The van der Waals surface area contributed by atoms with Gasteiger partial charge in [-0.1, -0.05) is 29.4 Å². The molecule has 4 aromatic rings. The van der Waals surface area contributed by atoms with Crippen LogP contribution in [0.15, 0.2) is 70.6 Å². The Morgan fingerprint density at radius 1 is 1.11 bits per heavy atom. The number of carbonyl (C=O) groups excluding carboxylic acids is 1. The molecule has 0 aliphatic heterocycles. The monoisotopic (exact) mass is 391 g/mol. The van der Waals surface area contributed by atoms with E-state index < -0.39 is 0 Å². The Bertz CT molecular complexity index is 1070. The van der Waals surface area contributed by atoms with Crippen molar-refractivity contribution in [2.75, 3.05) is 12.4 Å². The number of methoxy groups -OCH3 is 1. The van der Waals surface area contributed by atoms with Crippen molar-refractivity contribution in [3.05, 3.63) is 83.1 Å². The minimum atomic E-state index is -0.195. The lowest BCUT2D eigenvalue weighted by Crippen LogP contribution is -2.13. The number of nitrogens with one attached hydrogen (secondary N) is 1. The number of hydrogen-bond acceptors (Lipinski definition) is 6. The summed E-state index contributed by atoms with van der Waals surface area (Å²) in [4.78, 5) is 18.0. The second kappa shape index (κ2) is 8.06. The molecule has 0 unspecified atom stereocenters. The third-order valence-electron chi connectivity index (χ3n) is 4.17. The Hall–Kier alpha value is -3.45. The first kappa shape index (κ1) is 17.9. The van der Waals surface area contributed by atoms with E-state index in [-0.39, 0.29) is 5.91 Å². The van der Waals surface area contributed by atoms with Crippen LogP contribution in [0.25, 0.3) is 10.7 Å². The zero-order chi connectivity index (χ0) is 19.3. The molecule has 2 aromatic carbocycles.